The molecule has 5 heteroatoms. The van der Waals surface area contributed by atoms with Crippen LogP contribution in [0.3, 0.4) is 0 Å². The molecule has 0 saturated heterocycles. The molecule has 2 aromatic rings. The first-order chi connectivity index (χ1) is 6.59. The Morgan fingerprint density at radius 2 is 1.79 bits per heavy atom. The largest absolute Gasteiger partial charge is 0.507 e. The maximum absolute atomic E-state index is 10.8. The number of phenols is 2. The van der Waals surface area contributed by atoms with Gasteiger partial charge < -0.3 is 19.7 Å². The first kappa shape index (κ1) is 8.43. The number of hydrogen-bond acceptors (Lipinski definition) is 5. The molecule has 0 aliphatic heterocycles. The van der Waals surface area contributed by atoms with Gasteiger partial charge in [0.25, 0.3) is 0 Å². The summed E-state index contributed by atoms with van der Waals surface area (Å²) in [5.41, 5.74) is -1.02. The predicted molar refractivity (Wildman–Crippen MR) is 47.5 cm³/mol. The Labute approximate surface area is 77.5 Å². The smallest absolute Gasteiger partial charge is 0.340 e. The molecular formula is C9H6O5. The molecule has 0 spiro atoms. The van der Waals surface area contributed by atoms with Gasteiger partial charge >= 0.3 is 5.63 Å². The van der Waals surface area contributed by atoms with Crippen LogP contribution < -0.4 is 5.63 Å². The fraction of sp³-hybridized carbons (Fsp3) is 0. The molecule has 0 saturated carbocycles. The summed E-state index contributed by atoms with van der Waals surface area (Å²) < 4.78 is 4.63. The second-order valence-electron chi connectivity index (χ2n) is 2.76. The predicted octanol–water partition coefficient (Wildman–Crippen LogP) is 0.910. The summed E-state index contributed by atoms with van der Waals surface area (Å²) in [5.74, 6) is -1.27. The summed E-state index contributed by atoms with van der Waals surface area (Å²) in [6.07, 6.45) is 0. The summed E-state index contributed by atoms with van der Waals surface area (Å²) in [4.78, 5) is 10.8. The van der Waals surface area contributed by atoms with Crippen LogP contribution in [-0.4, -0.2) is 15.3 Å². The molecule has 0 amide bonds. The fourth-order valence-corrected chi connectivity index (χ4v) is 1.19. The van der Waals surface area contributed by atoms with Crippen LogP contribution in [-0.2, 0) is 0 Å². The average Bonchev–Trinajstić information content (AvgIpc) is 2.12. The number of hydrogen-bond donors (Lipinski definition) is 3. The lowest BCUT2D eigenvalue weighted by molar-refractivity contribution is 0.395. The zero-order chi connectivity index (χ0) is 10.3. The molecule has 0 aliphatic rings. The van der Waals surface area contributed by atoms with E-state index in [9.17, 15) is 15.0 Å². The monoisotopic (exact) mass is 194 g/mol. The molecule has 1 aromatic heterocycles. The third-order valence-corrected chi connectivity index (χ3v) is 1.84. The molecule has 0 fully saturated rings. The van der Waals surface area contributed by atoms with Gasteiger partial charge in [0.2, 0.25) is 5.75 Å². The first-order valence-corrected chi connectivity index (χ1v) is 3.77. The standard InChI is InChI=1S/C9H6O5/c10-5-2-1-4-6(11)3-7(12)14-9(4)8(5)13/h1-3,10-11,13H. The molecule has 1 heterocycles. The van der Waals surface area contributed by atoms with Crippen LogP contribution in [0.25, 0.3) is 11.0 Å². The van der Waals surface area contributed by atoms with Crippen LogP contribution in [0.15, 0.2) is 27.4 Å². The summed E-state index contributed by atoms with van der Waals surface area (Å²) in [5, 5.41) is 27.9. The second kappa shape index (κ2) is 2.66. The molecule has 0 bridgehead atoms. The minimum Gasteiger partial charge on any atom is -0.507 e. The van der Waals surface area contributed by atoms with Crippen molar-refractivity contribution < 1.29 is 19.7 Å². The third-order valence-electron chi connectivity index (χ3n) is 1.84. The SMILES string of the molecule is O=c1cc(O)c2ccc(O)c(O)c2o1. The first-order valence-electron chi connectivity index (χ1n) is 3.77. The van der Waals surface area contributed by atoms with Crippen LogP contribution in [0, 0.1) is 0 Å². The normalized spacial score (nSPS) is 10.6. The van der Waals surface area contributed by atoms with Crippen LogP contribution in [0.4, 0.5) is 0 Å². The van der Waals surface area contributed by atoms with Crippen molar-refractivity contribution >= 4 is 11.0 Å². The van der Waals surface area contributed by atoms with Gasteiger partial charge in [0.05, 0.1) is 11.5 Å². The molecule has 5 nitrogen and oxygen atoms in total. The Balaban J connectivity index is 3.02. The van der Waals surface area contributed by atoms with E-state index in [-0.39, 0.29) is 16.7 Å². The van der Waals surface area contributed by atoms with Crippen molar-refractivity contribution in [3.8, 4) is 17.2 Å². The van der Waals surface area contributed by atoms with Gasteiger partial charge in [0, 0.05) is 0 Å². The van der Waals surface area contributed by atoms with Crippen molar-refractivity contribution in [2.45, 2.75) is 0 Å². The van der Waals surface area contributed by atoms with E-state index in [1.165, 1.54) is 12.1 Å². The van der Waals surface area contributed by atoms with Crippen molar-refractivity contribution in [1.82, 2.24) is 0 Å². The third kappa shape index (κ3) is 1.06. The van der Waals surface area contributed by atoms with E-state index in [0.717, 1.165) is 6.07 Å². The zero-order valence-electron chi connectivity index (χ0n) is 6.89. The summed E-state index contributed by atoms with van der Waals surface area (Å²) in [6.45, 7) is 0. The van der Waals surface area contributed by atoms with E-state index < -0.39 is 17.1 Å². The van der Waals surface area contributed by atoms with E-state index in [1.54, 1.807) is 0 Å². The quantitative estimate of drug-likeness (QED) is 0.428. The van der Waals surface area contributed by atoms with Gasteiger partial charge in [-0.05, 0) is 12.1 Å². The lowest BCUT2D eigenvalue weighted by Gasteiger charge is -2.02. The molecule has 0 atom stereocenters. The Morgan fingerprint density at radius 1 is 1.07 bits per heavy atom. The number of benzene rings is 1. The Kier molecular flexibility index (Phi) is 1.60. The minimum atomic E-state index is -0.795. The topological polar surface area (TPSA) is 90.9 Å². The molecule has 14 heavy (non-hydrogen) atoms. The summed E-state index contributed by atoms with van der Waals surface area (Å²) in [6, 6.07) is 3.42. The lowest BCUT2D eigenvalue weighted by atomic mass is 10.2. The highest BCUT2D eigenvalue weighted by molar-refractivity contribution is 5.89. The van der Waals surface area contributed by atoms with Gasteiger partial charge in [0.1, 0.15) is 5.75 Å². The van der Waals surface area contributed by atoms with E-state index in [0.29, 0.717) is 0 Å². The van der Waals surface area contributed by atoms with Crippen LogP contribution >= 0.6 is 0 Å². The molecule has 3 N–H and O–H groups in total. The van der Waals surface area contributed by atoms with Crippen LogP contribution in [0.5, 0.6) is 17.2 Å². The van der Waals surface area contributed by atoms with Crippen LogP contribution in [0.2, 0.25) is 0 Å². The number of fused-ring (bicyclic) bond motifs is 1. The van der Waals surface area contributed by atoms with Crippen LogP contribution in [0.1, 0.15) is 0 Å². The Bertz CT molecular complexity index is 555. The molecule has 2 rings (SSSR count). The van der Waals surface area contributed by atoms with E-state index in [1.807, 2.05) is 0 Å². The summed E-state index contributed by atoms with van der Waals surface area (Å²) in [7, 11) is 0. The molecule has 0 unspecified atom stereocenters. The molecule has 0 aliphatic carbocycles. The molecular weight excluding hydrogens is 188 g/mol. The Morgan fingerprint density at radius 3 is 2.50 bits per heavy atom. The van der Waals surface area contributed by atoms with Crippen molar-refractivity contribution in [1.29, 1.82) is 0 Å². The summed E-state index contributed by atoms with van der Waals surface area (Å²) >= 11 is 0. The van der Waals surface area contributed by atoms with Gasteiger partial charge in [-0.2, -0.15) is 0 Å². The van der Waals surface area contributed by atoms with Crippen molar-refractivity contribution in [2.75, 3.05) is 0 Å². The molecule has 0 radical (unpaired) electrons. The highest BCUT2D eigenvalue weighted by Gasteiger charge is 2.11. The van der Waals surface area contributed by atoms with Crippen molar-refractivity contribution in [3.63, 3.8) is 0 Å². The van der Waals surface area contributed by atoms with E-state index in [2.05, 4.69) is 4.42 Å². The average molecular weight is 194 g/mol. The second-order valence-corrected chi connectivity index (χ2v) is 2.76. The number of phenolic OH excluding ortho intramolecular Hbond substituents is 2. The molecule has 1 aromatic carbocycles. The van der Waals surface area contributed by atoms with Gasteiger partial charge in [-0.1, -0.05) is 0 Å². The highest BCUT2D eigenvalue weighted by atomic mass is 16.4. The zero-order valence-corrected chi connectivity index (χ0v) is 6.89. The molecule has 72 valence electrons. The van der Waals surface area contributed by atoms with E-state index in [4.69, 9.17) is 5.11 Å². The maximum Gasteiger partial charge on any atom is 0.340 e. The van der Waals surface area contributed by atoms with Gasteiger partial charge in [-0.3, -0.25) is 0 Å². The lowest BCUT2D eigenvalue weighted by Crippen LogP contribution is -1.95. The fourth-order valence-electron chi connectivity index (χ4n) is 1.19. The van der Waals surface area contributed by atoms with Gasteiger partial charge in [-0.15, -0.1) is 0 Å². The highest BCUT2D eigenvalue weighted by Crippen LogP contribution is 2.35. The Hall–Kier alpha value is -2.17. The number of rotatable bonds is 0. The van der Waals surface area contributed by atoms with Gasteiger partial charge in [0.15, 0.2) is 11.3 Å². The minimum absolute atomic E-state index is 0.167. The van der Waals surface area contributed by atoms with E-state index >= 15 is 0 Å². The van der Waals surface area contributed by atoms with Crippen molar-refractivity contribution in [2.24, 2.45) is 0 Å². The van der Waals surface area contributed by atoms with Gasteiger partial charge in [-0.25, -0.2) is 4.79 Å². The number of aromatic hydroxyl groups is 3. The maximum atomic E-state index is 10.8. The van der Waals surface area contributed by atoms with Crippen molar-refractivity contribution in [3.05, 3.63) is 28.6 Å².